The molecule has 1 unspecified atom stereocenters. The molecule has 3 heterocycles. The van der Waals surface area contributed by atoms with Gasteiger partial charge in [0.15, 0.2) is 6.61 Å². The van der Waals surface area contributed by atoms with E-state index in [-0.39, 0.29) is 41.3 Å². The summed E-state index contributed by atoms with van der Waals surface area (Å²) in [6.45, 7) is 2.37. The van der Waals surface area contributed by atoms with Crippen LogP contribution in [0.5, 0.6) is 5.75 Å². The van der Waals surface area contributed by atoms with Crippen LogP contribution in [0.3, 0.4) is 0 Å². The Morgan fingerprint density at radius 2 is 1.68 bits per heavy atom. The highest BCUT2D eigenvalue weighted by Crippen LogP contribution is 2.39. The van der Waals surface area contributed by atoms with Crippen LogP contribution in [0.2, 0.25) is 15.3 Å². The summed E-state index contributed by atoms with van der Waals surface area (Å²) in [6.07, 6.45) is 5.64. The first-order valence-corrected chi connectivity index (χ1v) is 13.4. The van der Waals surface area contributed by atoms with Crippen LogP contribution in [-0.2, 0) is 9.59 Å². The van der Waals surface area contributed by atoms with Crippen molar-refractivity contribution in [2.24, 2.45) is 0 Å². The van der Waals surface area contributed by atoms with Crippen molar-refractivity contribution in [3.63, 3.8) is 0 Å². The molecular weight excluding hydrogens is 549 g/mol. The molecule has 2 aromatic carbocycles. The van der Waals surface area contributed by atoms with Crippen molar-refractivity contribution < 1.29 is 14.3 Å². The Kier molecular flexibility index (Phi) is 8.04. The van der Waals surface area contributed by atoms with E-state index in [1.54, 1.807) is 36.5 Å². The molecule has 2 aliphatic heterocycles. The van der Waals surface area contributed by atoms with Crippen LogP contribution >= 0.6 is 34.8 Å². The number of likely N-dealkylation sites (tertiary alicyclic amines) is 1. The third-order valence-electron chi connectivity index (χ3n) is 6.98. The maximum atomic E-state index is 13.6. The van der Waals surface area contributed by atoms with Crippen molar-refractivity contribution in [1.82, 2.24) is 19.8 Å². The molecule has 3 aromatic rings. The highest BCUT2D eigenvalue weighted by atomic mass is 35.5. The highest BCUT2D eigenvalue weighted by Gasteiger charge is 2.32. The van der Waals surface area contributed by atoms with Crippen molar-refractivity contribution >= 4 is 52.3 Å². The molecule has 1 fully saturated rings. The summed E-state index contributed by atoms with van der Waals surface area (Å²) in [6, 6.07) is 10.9. The van der Waals surface area contributed by atoms with E-state index in [0.29, 0.717) is 23.0 Å². The van der Waals surface area contributed by atoms with Crippen LogP contribution in [0.4, 0.5) is 5.69 Å². The first kappa shape index (κ1) is 26.7. The Morgan fingerprint density at radius 1 is 1.03 bits per heavy atom. The normalized spacial score (nSPS) is 16.2. The van der Waals surface area contributed by atoms with E-state index in [0.717, 1.165) is 42.6 Å². The first-order chi connectivity index (χ1) is 18.3. The first-order valence-electron chi connectivity index (χ1n) is 12.3. The van der Waals surface area contributed by atoms with Crippen LogP contribution in [0.1, 0.15) is 24.4 Å². The molecule has 2 amide bonds. The maximum absolute atomic E-state index is 13.6. The van der Waals surface area contributed by atoms with Gasteiger partial charge in [-0.1, -0.05) is 47.5 Å². The van der Waals surface area contributed by atoms with E-state index >= 15 is 0 Å². The molecule has 0 radical (unpaired) electrons. The molecule has 0 saturated carbocycles. The average Bonchev–Trinajstić information content (AvgIpc) is 3.44. The molecule has 0 spiro atoms. The third kappa shape index (κ3) is 5.73. The second-order valence-corrected chi connectivity index (χ2v) is 10.5. The van der Waals surface area contributed by atoms with E-state index < -0.39 is 0 Å². The summed E-state index contributed by atoms with van der Waals surface area (Å²) in [7, 11) is 1.78. The highest BCUT2D eigenvalue weighted by molar-refractivity contribution is 6.42. The molecule has 5 rings (SSSR count). The molecule has 0 aliphatic carbocycles. The van der Waals surface area contributed by atoms with Gasteiger partial charge in [-0.05, 0) is 54.7 Å². The molecule has 8 nitrogen and oxygen atoms in total. The fourth-order valence-electron chi connectivity index (χ4n) is 4.81. The lowest BCUT2D eigenvalue weighted by Gasteiger charge is -2.35. The molecule has 11 heteroatoms. The minimum Gasteiger partial charge on any atom is -0.482 e. The van der Waals surface area contributed by atoms with Gasteiger partial charge in [-0.15, -0.1) is 0 Å². The van der Waals surface area contributed by atoms with Crippen LogP contribution in [0.25, 0.3) is 11.1 Å². The summed E-state index contributed by atoms with van der Waals surface area (Å²) in [4.78, 5) is 40.0. The Hall–Kier alpha value is -2.91. The van der Waals surface area contributed by atoms with Gasteiger partial charge in [0.1, 0.15) is 12.3 Å². The lowest BCUT2D eigenvalue weighted by atomic mass is 10.0. The number of likely N-dealkylation sites (N-methyl/N-ethyl adjacent to an activating group) is 1. The monoisotopic (exact) mass is 573 g/mol. The smallest absolute Gasteiger partial charge is 0.265 e. The number of nitrogens with zero attached hydrogens (tertiary/aromatic N) is 5. The van der Waals surface area contributed by atoms with Gasteiger partial charge in [-0.2, -0.15) is 0 Å². The zero-order chi connectivity index (χ0) is 26.8. The summed E-state index contributed by atoms with van der Waals surface area (Å²) in [5, 5.41) is 0.804. The second-order valence-electron chi connectivity index (χ2n) is 9.39. The van der Waals surface area contributed by atoms with Crippen LogP contribution in [0.15, 0.2) is 48.8 Å². The van der Waals surface area contributed by atoms with Crippen LogP contribution < -0.4 is 9.64 Å². The number of ether oxygens (including phenoxy) is 1. The van der Waals surface area contributed by atoms with Crippen molar-refractivity contribution in [3.8, 4) is 16.9 Å². The van der Waals surface area contributed by atoms with E-state index in [4.69, 9.17) is 39.5 Å². The number of fused-ring (bicyclic) bond motifs is 1. The van der Waals surface area contributed by atoms with Gasteiger partial charge < -0.3 is 14.5 Å². The second kappa shape index (κ2) is 11.5. The zero-order valence-electron chi connectivity index (χ0n) is 20.7. The van der Waals surface area contributed by atoms with Gasteiger partial charge in [0.2, 0.25) is 11.2 Å². The van der Waals surface area contributed by atoms with Gasteiger partial charge >= 0.3 is 0 Å². The van der Waals surface area contributed by atoms with Gasteiger partial charge in [0, 0.05) is 37.6 Å². The number of hydrogen-bond acceptors (Lipinski definition) is 6. The topological polar surface area (TPSA) is 78.9 Å². The Labute approximate surface area is 236 Å². The van der Waals surface area contributed by atoms with Crippen molar-refractivity contribution in [2.75, 3.05) is 44.7 Å². The van der Waals surface area contributed by atoms with E-state index in [2.05, 4.69) is 14.9 Å². The van der Waals surface area contributed by atoms with E-state index in [1.165, 1.54) is 4.90 Å². The van der Waals surface area contributed by atoms with Gasteiger partial charge in [0.25, 0.3) is 5.91 Å². The van der Waals surface area contributed by atoms with Crippen molar-refractivity contribution in [2.45, 2.75) is 18.9 Å². The minimum atomic E-state index is -0.316. The third-order valence-corrected chi connectivity index (χ3v) is 7.90. The predicted octanol–water partition coefficient (Wildman–Crippen LogP) is 5.12. The number of benzene rings is 2. The largest absolute Gasteiger partial charge is 0.482 e. The molecular formula is C27H26Cl3N5O3. The average molecular weight is 575 g/mol. The summed E-state index contributed by atoms with van der Waals surface area (Å²) >= 11 is 18.2. The number of hydrogen-bond donors (Lipinski definition) is 0. The van der Waals surface area contributed by atoms with E-state index in [9.17, 15) is 9.59 Å². The lowest BCUT2D eigenvalue weighted by Crippen LogP contribution is -2.47. The number of carbonyl (C=O) groups excluding carboxylic acids is 2. The standard InChI is InChI=1S/C27H26Cl3N5O3/c1-33(25(36)15-35-22-10-20(28)21(29)11-24(22)38-16-26(35)37)23(14-34-8-2-3-9-34)18-6-4-17(5-7-18)19-12-31-27(30)32-13-19/h4-7,10-13,23H,2-3,8-9,14-16H2,1H3. The number of amides is 2. The molecule has 1 saturated heterocycles. The van der Waals surface area contributed by atoms with Crippen molar-refractivity contribution in [1.29, 1.82) is 0 Å². The van der Waals surface area contributed by atoms with Crippen molar-refractivity contribution in [3.05, 3.63) is 69.7 Å². The van der Waals surface area contributed by atoms with Gasteiger partial charge in [-0.3, -0.25) is 14.5 Å². The molecule has 0 bridgehead atoms. The van der Waals surface area contributed by atoms with Gasteiger partial charge in [-0.25, -0.2) is 9.97 Å². The summed E-state index contributed by atoms with van der Waals surface area (Å²) < 4.78 is 5.52. The van der Waals surface area contributed by atoms with Crippen LogP contribution in [-0.4, -0.2) is 71.4 Å². The van der Waals surface area contributed by atoms with Gasteiger partial charge in [0.05, 0.1) is 21.8 Å². The van der Waals surface area contributed by atoms with E-state index in [1.807, 2.05) is 24.3 Å². The molecule has 0 N–H and O–H groups in total. The molecule has 1 aromatic heterocycles. The predicted molar refractivity (Wildman–Crippen MR) is 148 cm³/mol. The molecule has 38 heavy (non-hydrogen) atoms. The lowest BCUT2D eigenvalue weighted by molar-refractivity contribution is -0.133. The quantitative estimate of drug-likeness (QED) is 0.364. The maximum Gasteiger partial charge on any atom is 0.265 e. The number of aromatic nitrogens is 2. The SMILES string of the molecule is CN(C(=O)CN1C(=O)COc2cc(Cl)c(Cl)cc21)C(CN1CCCC1)c1ccc(-c2cnc(Cl)nc2)cc1. The number of rotatable bonds is 7. The zero-order valence-corrected chi connectivity index (χ0v) is 23.0. The molecule has 198 valence electrons. The number of halogens is 3. The van der Waals surface area contributed by atoms with Crippen LogP contribution in [0, 0.1) is 0 Å². The Morgan fingerprint density at radius 3 is 2.37 bits per heavy atom. The fraction of sp³-hybridized carbons (Fsp3) is 0.333. The fourth-order valence-corrected chi connectivity index (χ4v) is 5.22. The number of anilines is 1. The minimum absolute atomic E-state index is 0.139. The molecule has 1 atom stereocenters. The Balaban J connectivity index is 1.39. The number of carbonyl (C=O) groups is 2. The summed E-state index contributed by atoms with van der Waals surface area (Å²) in [5.41, 5.74) is 3.23. The molecule has 2 aliphatic rings. The summed E-state index contributed by atoms with van der Waals surface area (Å²) in [5.74, 6) is -0.0928. The Bertz CT molecular complexity index is 1330.